The Morgan fingerprint density at radius 2 is 2.43 bits per heavy atom. The molecule has 0 saturated heterocycles. The summed E-state index contributed by atoms with van der Waals surface area (Å²) in [4.78, 5) is 14.3. The zero-order valence-electron chi connectivity index (χ0n) is 8.06. The van der Waals surface area contributed by atoms with Crippen LogP contribution in [0.3, 0.4) is 0 Å². The zero-order valence-corrected chi connectivity index (χ0v) is 8.87. The fourth-order valence-electron chi connectivity index (χ4n) is 0.785. The summed E-state index contributed by atoms with van der Waals surface area (Å²) in [5.41, 5.74) is 0. The van der Waals surface area contributed by atoms with Gasteiger partial charge in [-0.15, -0.1) is 0 Å². The predicted molar refractivity (Wildman–Crippen MR) is 51.4 cm³/mol. The lowest BCUT2D eigenvalue weighted by molar-refractivity contribution is -0.133. The Balaban J connectivity index is 2.54. The van der Waals surface area contributed by atoms with Gasteiger partial charge in [-0.1, -0.05) is 30.8 Å². The number of hydrogen-bond donors (Lipinski definition) is 1. The first-order chi connectivity index (χ1) is 6.63. The molecule has 0 aliphatic carbocycles. The van der Waals surface area contributed by atoms with Crippen molar-refractivity contribution in [3.8, 4) is 0 Å². The van der Waals surface area contributed by atoms with Crippen LogP contribution in [0.1, 0.15) is 32.0 Å². The van der Waals surface area contributed by atoms with E-state index >= 15 is 0 Å². The summed E-state index contributed by atoms with van der Waals surface area (Å²) in [6.07, 6.45) is 0.933. The summed E-state index contributed by atoms with van der Waals surface area (Å²) in [6.45, 7) is 4.03. The van der Waals surface area contributed by atoms with Gasteiger partial charge < -0.3 is 9.63 Å². The highest BCUT2D eigenvalue weighted by molar-refractivity contribution is 7.99. The van der Waals surface area contributed by atoms with Gasteiger partial charge in [-0.25, -0.2) is 0 Å². The highest BCUT2D eigenvalue weighted by Gasteiger charge is 2.12. The minimum absolute atomic E-state index is 0.0534. The van der Waals surface area contributed by atoms with Crippen molar-refractivity contribution in [2.45, 2.75) is 31.4 Å². The van der Waals surface area contributed by atoms with Crippen molar-refractivity contribution in [3.63, 3.8) is 0 Å². The number of carboxylic acid groups (broad SMARTS) is 1. The first-order valence-corrected chi connectivity index (χ1v) is 5.30. The summed E-state index contributed by atoms with van der Waals surface area (Å²) in [5.74, 6) is -0.0566. The Hall–Kier alpha value is -1.04. The lowest BCUT2D eigenvalue weighted by Gasteiger charge is -1.98. The van der Waals surface area contributed by atoms with Gasteiger partial charge in [-0.05, 0) is 6.42 Å². The van der Waals surface area contributed by atoms with Crippen LogP contribution in [0, 0.1) is 0 Å². The van der Waals surface area contributed by atoms with Crippen molar-refractivity contribution in [1.29, 1.82) is 0 Å². The molecule has 0 aromatic carbocycles. The summed E-state index contributed by atoms with van der Waals surface area (Å²) in [6, 6.07) is 0. The molecule has 0 spiro atoms. The second-order valence-electron chi connectivity index (χ2n) is 2.91. The second kappa shape index (κ2) is 4.99. The van der Waals surface area contributed by atoms with Crippen LogP contribution in [0.5, 0.6) is 0 Å². The van der Waals surface area contributed by atoms with Gasteiger partial charge in [0.1, 0.15) is 5.75 Å². The van der Waals surface area contributed by atoms with E-state index in [2.05, 4.69) is 10.1 Å². The van der Waals surface area contributed by atoms with Crippen LogP contribution in [0.2, 0.25) is 0 Å². The SMILES string of the molecule is CCC(C)c1noc(SCC(=O)O)n1. The van der Waals surface area contributed by atoms with Crippen molar-refractivity contribution >= 4 is 17.7 Å². The van der Waals surface area contributed by atoms with Gasteiger partial charge in [-0.2, -0.15) is 4.98 Å². The predicted octanol–water partition coefficient (Wildman–Crippen LogP) is 1.76. The van der Waals surface area contributed by atoms with Gasteiger partial charge in [0.05, 0.1) is 0 Å². The number of carboxylic acids is 1. The third-order valence-electron chi connectivity index (χ3n) is 1.80. The van der Waals surface area contributed by atoms with Gasteiger partial charge in [-0.3, -0.25) is 4.79 Å². The first kappa shape index (κ1) is 11.0. The normalized spacial score (nSPS) is 12.7. The van der Waals surface area contributed by atoms with E-state index in [9.17, 15) is 4.79 Å². The number of carbonyl (C=O) groups is 1. The molecule has 0 fully saturated rings. The summed E-state index contributed by atoms with van der Waals surface area (Å²) in [7, 11) is 0. The van der Waals surface area contributed by atoms with E-state index in [1.165, 1.54) is 0 Å². The van der Waals surface area contributed by atoms with Crippen LogP contribution in [-0.4, -0.2) is 27.0 Å². The zero-order chi connectivity index (χ0) is 10.6. The number of aliphatic carboxylic acids is 1. The molecular formula is C8H12N2O3S. The Morgan fingerprint density at radius 3 is 3.00 bits per heavy atom. The minimum atomic E-state index is -0.890. The van der Waals surface area contributed by atoms with Crippen LogP contribution in [0.15, 0.2) is 9.75 Å². The Morgan fingerprint density at radius 1 is 1.71 bits per heavy atom. The molecule has 1 aromatic heterocycles. The number of rotatable bonds is 5. The van der Waals surface area contributed by atoms with Crippen molar-refractivity contribution in [1.82, 2.24) is 10.1 Å². The molecule has 0 radical (unpaired) electrons. The van der Waals surface area contributed by atoms with Crippen molar-refractivity contribution in [3.05, 3.63) is 5.82 Å². The molecule has 1 aromatic rings. The number of thioether (sulfide) groups is 1. The van der Waals surface area contributed by atoms with Gasteiger partial charge in [0.15, 0.2) is 5.82 Å². The molecule has 1 N–H and O–H groups in total. The summed E-state index contributed by atoms with van der Waals surface area (Å²) < 4.78 is 4.88. The summed E-state index contributed by atoms with van der Waals surface area (Å²) >= 11 is 1.04. The van der Waals surface area contributed by atoms with E-state index in [1.807, 2.05) is 13.8 Å². The molecule has 0 saturated carbocycles. The molecule has 1 rings (SSSR count). The number of nitrogens with zero attached hydrogens (tertiary/aromatic N) is 2. The average Bonchev–Trinajstić information content (AvgIpc) is 2.62. The number of aromatic nitrogens is 2. The van der Waals surface area contributed by atoms with E-state index in [1.54, 1.807) is 0 Å². The molecule has 0 bridgehead atoms. The van der Waals surface area contributed by atoms with Crippen LogP contribution in [0.25, 0.3) is 0 Å². The third-order valence-corrected chi connectivity index (χ3v) is 2.60. The molecule has 0 aliphatic heterocycles. The molecular weight excluding hydrogens is 204 g/mol. The van der Waals surface area contributed by atoms with Crippen LogP contribution in [-0.2, 0) is 4.79 Å². The number of hydrogen-bond acceptors (Lipinski definition) is 5. The Labute approximate surface area is 85.9 Å². The Bertz CT molecular complexity index is 313. The van der Waals surface area contributed by atoms with E-state index in [0.717, 1.165) is 18.2 Å². The maximum absolute atomic E-state index is 10.3. The highest BCUT2D eigenvalue weighted by Crippen LogP contribution is 2.20. The minimum Gasteiger partial charge on any atom is -0.481 e. The molecule has 14 heavy (non-hydrogen) atoms. The second-order valence-corrected chi connectivity index (χ2v) is 3.84. The van der Waals surface area contributed by atoms with Crippen LogP contribution < -0.4 is 0 Å². The fraction of sp³-hybridized carbons (Fsp3) is 0.625. The van der Waals surface area contributed by atoms with Crippen molar-refractivity contribution in [2.24, 2.45) is 0 Å². The van der Waals surface area contributed by atoms with Gasteiger partial charge in [0, 0.05) is 5.92 Å². The molecule has 0 amide bonds. The van der Waals surface area contributed by atoms with E-state index in [0.29, 0.717) is 11.0 Å². The van der Waals surface area contributed by atoms with Gasteiger partial charge in [0.25, 0.3) is 5.22 Å². The maximum atomic E-state index is 10.3. The first-order valence-electron chi connectivity index (χ1n) is 4.31. The lowest BCUT2D eigenvalue weighted by atomic mass is 10.1. The van der Waals surface area contributed by atoms with Crippen molar-refractivity contribution in [2.75, 3.05) is 5.75 Å². The van der Waals surface area contributed by atoms with E-state index in [4.69, 9.17) is 9.63 Å². The smallest absolute Gasteiger partial charge is 0.314 e. The summed E-state index contributed by atoms with van der Waals surface area (Å²) in [5, 5.41) is 12.5. The van der Waals surface area contributed by atoms with E-state index in [-0.39, 0.29) is 11.7 Å². The van der Waals surface area contributed by atoms with E-state index < -0.39 is 5.97 Å². The highest BCUT2D eigenvalue weighted by atomic mass is 32.2. The topological polar surface area (TPSA) is 76.2 Å². The average molecular weight is 216 g/mol. The van der Waals surface area contributed by atoms with Crippen LogP contribution >= 0.6 is 11.8 Å². The molecule has 0 aliphatic rings. The lowest BCUT2D eigenvalue weighted by Crippen LogP contribution is -1.97. The molecule has 5 nitrogen and oxygen atoms in total. The largest absolute Gasteiger partial charge is 0.481 e. The monoisotopic (exact) mass is 216 g/mol. The molecule has 1 heterocycles. The Kier molecular flexibility index (Phi) is 3.94. The standard InChI is InChI=1S/C8H12N2O3S/c1-3-5(2)7-9-8(13-10-7)14-4-6(11)12/h5H,3-4H2,1-2H3,(H,11,12). The van der Waals surface area contributed by atoms with Crippen LogP contribution in [0.4, 0.5) is 0 Å². The third kappa shape index (κ3) is 3.02. The fourth-order valence-corrected chi connectivity index (χ4v) is 1.28. The maximum Gasteiger partial charge on any atom is 0.314 e. The molecule has 78 valence electrons. The van der Waals surface area contributed by atoms with Gasteiger partial charge >= 0.3 is 5.97 Å². The van der Waals surface area contributed by atoms with Crippen molar-refractivity contribution < 1.29 is 14.4 Å². The molecule has 1 atom stereocenters. The van der Waals surface area contributed by atoms with Gasteiger partial charge in [0.2, 0.25) is 0 Å². The molecule has 6 heteroatoms. The quantitative estimate of drug-likeness (QED) is 0.756. The molecule has 1 unspecified atom stereocenters.